The van der Waals surface area contributed by atoms with Crippen molar-refractivity contribution in [2.45, 2.75) is 44.6 Å². The smallest absolute Gasteiger partial charge is 0.305 e. The van der Waals surface area contributed by atoms with Gasteiger partial charge in [0.25, 0.3) is 5.91 Å². The maximum absolute atomic E-state index is 12.1. The Kier molecular flexibility index (Phi) is 3.60. The normalized spacial score (nSPS) is 17.6. The molecule has 1 aliphatic rings. The lowest BCUT2D eigenvalue weighted by Crippen LogP contribution is -2.47. The van der Waals surface area contributed by atoms with Crippen LogP contribution >= 0.6 is 11.5 Å². The molecule has 0 unspecified atom stereocenters. The van der Waals surface area contributed by atoms with Gasteiger partial charge in [-0.15, -0.1) is 5.10 Å². The second kappa shape index (κ2) is 5.01. The van der Waals surface area contributed by atoms with E-state index in [0.717, 1.165) is 37.2 Å². The molecule has 0 aromatic carbocycles. The van der Waals surface area contributed by atoms with Gasteiger partial charge >= 0.3 is 5.97 Å². The summed E-state index contributed by atoms with van der Waals surface area (Å²) < 4.78 is 3.72. The van der Waals surface area contributed by atoms with Crippen LogP contribution in [0.25, 0.3) is 0 Å². The maximum Gasteiger partial charge on any atom is 0.305 e. The van der Waals surface area contributed by atoms with Crippen molar-refractivity contribution in [3.8, 4) is 0 Å². The zero-order valence-corrected chi connectivity index (χ0v) is 10.9. The summed E-state index contributed by atoms with van der Waals surface area (Å²) in [5.41, 5.74) is -0.0136. The van der Waals surface area contributed by atoms with Crippen molar-refractivity contribution in [3.05, 3.63) is 10.6 Å². The van der Waals surface area contributed by atoms with E-state index >= 15 is 0 Å². The number of rotatable bonds is 4. The molecule has 0 atom stereocenters. The summed E-state index contributed by atoms with van der Waals surface area (Å²) in [4.78, 5) is 23.5. The molecular formula is C11H15N3O3S. The predicted molar refractivity (Wildman–Crippen MR) is 65.6 cm³/mol. The molecule has 6 nitrogen and oxygen atoms in total. The summed E-state index contributed by atoms with van der Waals surface area (Å²) in [5, 5.41) is 15.6. The number of carboxylic acid groups (broad SMARTS) is 1. The van der Waals surface area contributed by atoms with E-state index in [1.165, 1.54) is 0 Å². The zero-order chi connectivity index (χ0) is 13.2. The Bertz CT molecular complexity index is 466. The summed E-state index contributed by atoms with van der Waals surface area (Å²) in [7, 11) is 0. The fourth-order valence-electron chi connectivity index (χ4n) is 2.42. The molecule has 0 bridgehead atoms. The Balaban J connectivity index is 2.12. The van der Waals surface area contributed by atoms with Gasteiger partial charge in [-0.2, -0.15) is 0 Å². The zero-order valence-electron chi connectivity index (χ0n) is 10.1. The largest absolute Gasteiger partial charge is 0.481 e. The molecule has 2 N–H and O–H groups in total. The van der Waals surface area contributed by atoms with Gasteiger partial charge in [-0.25, -0.2) is 0 Å². The molecule has 1 amide bonds. The highest BCUT2D eigenvalue weighted by molar-refractivity contribution is 7.08. The first kappa shape index (κ1) is 12.9. The number of hydrogen-bond donors (Lipinski definition) is 2. The van der Waals surface area contributed by atoms with Gasteiger partial charge < -0.3 is 10.4 Å². The second-order valence-corrected chi connectivity index (χ2v) is 5.45. The van der Waals surface area contributed by atoms with Crippen LogP contribution in [0, 0.1) is 6.92 Å². The number of nitrogens with zero attached hydrogens (tertiary/aromatic N) is 2. The van der Waals surface area contributed by atoms with Crippen LogP contribution in [0.5, 0.6) is 0 Å². The Morgan fingerprint density at radius 1 is 1.44 bits per heavy atom. The number of hydrogen-bond acceptors (Lipinski definition) is 5. The van der Waals surface area contributed by atoms with E-state index in [9.17, 15) is 9.59 Å². The van der Waals surface area contributed by atoms with E-state index in [1.807, 2.05) is 0 Å². The third kappa shape index (κ3) is 2.66. The van der Waals surface area contributed by atoms with Crippen molar-refractivity contribution in [2.24, 2.45) is 0 Å². The van der Waals surface area contributed by atoms with E-state index in [0.29, 0.717) is 10.6 Å². The summed E-state index contributed by atoms with van der Waals surface area (Å²) >= 11 is 1.04. The van der Waals surface area contributed by atoms with Crippen LogP contribution in [0.3, 0.4) is 0 Å². The van der Waals surface area contributed by atoms with E-state index in [4.69, 9.17) is 5.11 Å². The lowest BCUT2D eigenvalue weighted by Gasteiger charge is -2.28. The molecule has 18 heavy (non-hydrogen) atoms. The van der Waals surface area contributed by atoms with Gasteiger partial charge in [0, 0.05) is 0 Å². The molecule has 1 aromatic rings. The van der Waals surface area contributed by atoms with Crippen molar-refractivity contribution >= 4 is 23.4 Å². The van der Waals surface area contributed by atoms with E-state index < -0.39 is 11.5 Å². The molecule has 1 aliphatic carbocycles. The number of carbonyl (C=O) groups excluding carboxylic acids is 1. The lowest BCUT2D eigenvalue weighted by molar-refractivity contribution is -0.138. The van der Waals surface area contributed by atoms with Gasteiger partial charge in [0.2, 0.25) is 0 Å². The quantitative estimate of drug-likeness (QED) is 0.861. The molecule has 7 heteroatoms. The topological polar surface area (TPSA) is 92.2 Å². The van der Waals surface area contributed by atoms with Crippen LogP contribution in [0.4, 0.5) is 0 Å². The minimum absolute atomic E-state index is 0.0238. The molecule has 98 valence electrons. The van der Waals surface area contributed by atoms with Crippen LogP contribution in [-0.2, 0) is 4.79 Å². The molecule has 1 heterocycles. The molecule has 2 rings (SSSR count). The highest BCUT2D eigenvalue weighted by Gasteiger charge is 2.38. The monoisotopic (exact) mass is 269 g/mol. The highest BCUT2D eigenvalue weighted by Crippen LogP contribution is 2.33. The summed E-state index contributed by atoms with van der Waals surface area (Å²) in [6, 6.07) is 0. The summed E-state index contributed by atoms with van der Waals surface area (Å²) in [5.74, 6) is -1.14. The van der Waals surface area contributed by atoms with Crippen LogP contribution in [0.2, 0.25) is 0 Å². The molecular weight excluding hydrogens is 254 g/mol. The minimum Gasteiger partial charge on any atom is -0.481 e. The van der Waals surface area contributed by atoms with E-state index in [1.54, 1.807) is 6.92 Å². The first-order valence-electron chi connectivity index (χ1n) is 5.86. The van der Waals surface area contributed by atoms with Crippen LogP contribution in [0.1, 0.15) is 47.5 Å². The molecule has 1 fully saturated rings. The average Bonchev–Trinajstić information content (AvgIpc) is 2.86. The van der Waals surface area contributed by atoms with Gasteiger partial charge in [0.15, 0.2) is 0 Å². The first-order chi connectivity index (χ1) is 8.52. The number of nitrogens with one attached hydrogen (secondary N) is 1. The van der Waals surface area contributed by atoms with Gasteiger partial charge in [-0.05, 0) is 31.3 Å². The summed E-state index contributed by atoms with van der Waals surface area (Å²) in [6.45, 7) is 1.72. The number of aliphatic carboxylic acids is 1. The molecule has 0 spiro atoms. The van der Waals surface area contributed by atoms with Crippen molar-refractivity contribution in [1.82, 2.24) is 14.9 Å². The fraction of sp³-hybridized carbons (Fsp3) is 0.636. The van der Waals surface area contributed by atoms with Gasteiger partial charge in [-0.1, -0.05) is 17.3 Å². The maximum atomic E-state index is 12.1. The van der Waals surface area contributed by atoms with Gasteiger partial charge in [-0.3, -0.25) is 9.59 Å². The second-order valence-electron chi connectivity index (χ2n) is 4.70. The van der Waals surface area contributed by atoms with E-state index in [2.05, 4.69) is 14.9 Å². The molecule has 1 aromatic heterocycles. The van der Waals surface area contributed by atoms with Crippen molar-refractivity contribution < 1.29 is 14.7 Å². The van der Waals surface area contributed by atoms with Gasteiger partial charge in [0.1, 0.15) is 4.88 Å². The molecule has 0 aliphatic heterocycles. The van der Waals surface area contributed by atoms with Gasteiger partial charge in [0.05, 0.1) is 17.7 Å². The standard InChI is InChI=1S/C11H15N3O3S/c1-7-9(18-14-13-7)10(17)12-11(6-8(15)16)4-2-3-5-11/h2-6H2,1H3,(H,12,17)(H,15,16). The number of aromatic nitrogens is 2. The molecule has 0 radical (unpaired) electrons. The Hall–Kier alpha value is -1.50. The molecule has 0 saturated heterocycles. The first-order valence-corrected chi connectivity index (χ1v) is 6.63. The third-order valence-corrected chi connectivity index (χ3v) is 4.11. The number of carboxylic acids is 1. The summed E-state index contributed by atoms with van der Waals surface area (Å²) in [6.07, 6.45) is 3.32. The lowest BCUT2D eigenvalue weighted by atomic mass is 9.93. The number of aryl methyl sites for hydroxylation is 1. The van der Waals surface area contributed by atoms with Crippen LogP contribution < -0.4 is 5.32 Å². The fourth-order valence-corrected chi connectivity index (χ4v) is 2.98. The average molecular weight is 269 g/mol. The number of carbonyl (C=O) groups is 2. The Morgan fingerprint density at radius 2 is 2.11 bits per heavy atom. The van der Waals surface area contributed by atoms with Crippen molar-refractivity contribution in [3.63, 3.8) is 0 Å². The van der Waals surface area contributed by atoms with E-state index in [-0.39, 0.29) is 12.3 Å². The van der Waals surface area contributed by atoms with Crippen LogP contribution in [-0.4, -0.2) is 32.1 Å². The Morgan fingerprint density at radius 3 is 2.61 bits per heavy atom. The highest BCUT2D eigenvalue weighted by atomic mass is 32.1. The Labute approximate surface area is 109 Å². The predicted octanol–water partition coefficient (Wildman–Crippen LogP) is 1.36. The number of amides is 1. The molecule has 1 saturated carbocycles. The SMILES string of the molecule is Cc1nnsc1C(=O)NC1(CC(=O)O)CCCC1. The van der Waals surface area contributed by atoms with Crippen LogP contribution in [0.15, 0.2) is 0 Å². The van der Waals surface area contributed by atoms with Crippen molar-refractivity contribution in [1.29, 1.82) is 0 Å². The minimum atomic E-state index is -0.878. The third-order valence-electron chi connectivity index (χ3n) is 3.29. The van der Waals surface area contributed by atoms with Crippen molar-refractivity contribution in [2.75, 3.05) is 0 Å².